The highest BCUT2D eigenvalue weighted by molar-refractivity contribution is 5.62. The summed E-state index contributed by atoms with van der Waals surface area (Å²) < 4.78 is 53.9. The number of pyridine rings is 1. The molecule has 3 atom stereocenters. The van der Waals surface area contributed by atoms with Gasteiger partial charge in [-0.25, -0.2) is 0 Å². The van der Waals surface area contributed by atoms with Gasteiger partial charge in [-0.1, -0.05) is 20.8 Å². The molecule has 0 radical (unpaired) electrons. The largest absolute Gasteiger partial charge is 0.417 e. The van der Waals surface area contributed by atoms with Gasteiger partial charge in [-0.3, -0.25) is 4.98 Å². The number of nitrogens with zero attached hydrogens (tertiary/aromatic N) is 2. The zero-order valence-electron chi connectivity index (χ0n) is 19.9. The highest BCUT2D eigenvalue weighted by atomic mass is 19.4. The van der Waals surface area contributed by atoms with Crippen LogP contribution in [-0.2, 0) is 27.7 Å². The Kier molecular flexibility index (Phi) is 4.78. The predicted octanol–water partition coefficient (Wildman–Crippen LogP) is 5.57. The van der Waals surface area contributed by atoms with Crippen molar-refractivity contribution < 1.29 is 27.8 Å². The fourth-order valence-electron chi connectivity index (χ4n) is 6.76. The quantitative estimate of drug-likeness (QED) is 0.529. The lowest BCUT2D eigenvalue weighted by Crippen LogP contribution is -2.37. The molecule has 1 fully saturated rings. The lowest BCUT2D eigenvalue weighted by molar-refractivity contribution is -0.138. The summed E-state index contributed by atoms with van der Waals surface area (Å²) in [5, 5.41) is 20.9. The van der Waals surface area contributed by atoms with E-state index in [-0.39, 0.29) is 5.41 Å². The summed E-state index contributed by atoms with van der Waals surface area (Å²) in [6.07, 6.45) is -3.49. The minimum absolute atomic E-state index is 0.150. The van der Waals surface area contributed by atoms with E-state index in [9.17, 15) is 23.5 Å². The second-order valence-corrected chi connectivity index (χ2v) is 11.2. The Morgan fingerprint density at radius 1 is 1.14 bits per heavy atom. The Morgan fingerprint density at radius 2 is 1.86 bits per heavy atom. The third-order valence-corrected chi connectivity index (χ3v) is 8.28. The molecule has 6 rings (SSSR count). The zero-order chi connectivity index (χ0) is 24.9. The van der Waals surface area contributed by atoms with Crippen molar-refractivity contribution in [2.45, 2.75) is 76.4 Å². The fraction of sp³-hybridized carbons (Fsp3) is 0.556. The number of alkyl halides is 3. The summed E-state index contributed by atoms with van der Waals surface area (Å²) in [7, 11) is 0. The second-order valence-electron chi connectivity index (χ2n) is 11.2. The smallest absolute Gasteiger partial charge is 0.388 e. The van der Waals surface area contributed by atoms with E-state index in [1.54, 1.807) is 6.07 Å². The van der Waals surface area contributed by atoms with E-state index < -0.39 is 41.0 Å². The number of rotatable bonds is 0. The Balaban J connectivity index is 1.65. The molecule has 1 saturated heterocycles. The molecule has 4 aliphatic rings. The molecule has 5 nitrogen and oxygen atoms in total. The maximum atomic E-state index is 13.8. The number of nitriles is 1. The van der Waals surface area contributed by atoms with Crippen molar-refractivity contribution in [3.63, 3.8) is 0 Å². The summed E-state index contributed by atoms with van der Waals surface area (Å²) >= 11 is 0. The van der Waals surface area contributed by atoms with E-state index >= 15 is 0 Å². The number of aromatic nitrogens is 1. The Labute approximate surface area is 201 Å². The van der Waals surface area contributed by atoms with E-state index in [0.29, 0.717) is 50.0 Å². The molecular formula is C27H27F3N2O3. The molecule has 2 aromatic rings. The molecule has 1 aromatic carbocycles. The monoisotopic (exact) mass is 484 g/mol. The molecule has 3 unspecified atom stereocenters. The first-order valence-corrected chi connectivity index (χ1v) is 12.1. The summed E-state index contributed by atoms with van der Waals surface area (Å²) in [6.45, 7) is 7.06. The second kappa shape index (κ2) is 7.28. The predicted molar refractivity (Wildman–Crippen MR) is 120 cm³/mol. The summed E-state index contributed by atoms with van der Waals surface area (Å²) in [6, 6.07) is 4.20. The number of ether oxygens (including phenoxy) is 2. The zero-order valence-corrected chi connectivity index (χ0v) is 19.9. The molecule has 1 N–H and O–H groups in total. The topological polar surface area (TPSA) is 75.4 Å². The minimum atomic E-state index is -4.64. The van der Waals surface area contributed by atoms with Crippen molar-refractivity contribution in [3.05, 3.63) is 62.5 Å². The van der Waals surface area contributed by atoms with Crippen molar-refractivity contribution in [2.24, 2.45) is 5.41 Å². The third kappa shape index (κ3) is 3.21. The SMILES string of the molecule is CC1c2cc(C(F)(F)F)c(C#N)cc2C2OC3(CCOCC3)c3c4c(nc1c32)CC(C)(C)CC4O. The summed E-state index contributed by atoms with van der Waals surface area (Å²) in [4.78, 5) is 5.03. The van der Waals surface area contributed by atoms with Crippen LogP contribution in [0.2, 0.25) is 0 Å². The summed E-state index contributed by atoms with van der Waals surface area (Å²) in [5.74, 6) is -0.407. The van der Waals surface area contributed by atoms with E-state index in [2.05, 4.69) is 13.8 Å². The van der Waals surface area contributed by atoms with Crippen LogP contribution >= 0.6 is 0 Å². The molecule has 3 heterocycles. The Morgan fingerprint density at radius 3 is 2.51 bits per heavy atom. The number of hydrogen-bond donors (Lipinski definition) is 1. The van der Waals surface area contributed by atoms with Crippen molar-refractivity contribution in [3.8, 4) is 6.07 Å². The Bertz CT molecular complexity index is 1290. The van der Waals surface area contributed by atoms with Gasteiger partial charge in [-0.15, -0.1) is 0 Å². The van der Waals surface area contributed by atoms with Crippen LogP contribution in [-0.4, -0.2) is 23.3 Å². The van der Waals surface area contributed by atoms with Crippen LogP contribution in [0.1, 0.15) is 108 Å². The number of hydrogen-bond acceptors (Lipinski definition) is 5. The normalized spacial score (nSPS) is 27.7. The lowest BCUT2D eigenvalue weighted by atomic mass is 9.68. The lowest BCUT2D eigenvalue weighted by Gasteiger charge is -2.40. The first-order chi connectivity index (χ1) is 16.5. The third-order valence-electron chi connectivity index (χ3n) is 8.28. The number of aliphatic hydroxyl groups excluding tert-OH is 1. The van der Waals surface area contributed by atoms with Gasteiger partial charge in [0.25, 0.3) is 0 Å². The number of halogens is 3. The maximum Gasteiger partial charge on any atom is 0.417 e. The Hall–Kier alpha value is -2.47. The number of aliphatic hydroxyl groups is 1. The highest BCUT2D eigenvalue weighted by Gasteiger charge is 2.54. The standard InChI is InChI=1S/C27H27F3N2O3/c1-13-15-9-17(27(28,29)30)14(12-31)8-16(15)24-21-22(26(35-24)4-6-34-7-5-26)20-18(32-23(13)21)10-25(2,3)11-19(20)33/h8-9,13,19,24,33H,4-7,10-11H2,1-3H3. The maximum absolute atomic E-state index is 13.8. The van der Waals surface area contributed by atoms with E-state index in [0.717, 1.165) is 34.1 Å². The van der Waals surface area contributed by atoms with Crippen molar-refractivity contribution in [1.82, 2.24) is 4.98 Å². The first kappa shape index (κ1) is 23.0. The van der Waals surface area contributed by atoms with Crippen LogP contribution in [0.3, 0.4) is 0 Å². The number of fused-ring (bicyclic) bond motifs is 5. The molecular weight excluding hydrogens is 457 g/mol. The van der Waals surface area contributed by atoms with Crippen molar-refractivity contribution >= 4 is 0 Å². The summed E-state index contributed by atoms with van der Waals surface area (Å²) in [5.41, 5.74) is 3.11. The molecule has 2 aliphatic heterocycles. The van der Waals surface area contributed by atoms with Crippen LogP contribution in [0.25, 0.3) is 0 Å². The van der Waals surface area contributed by atoms with Gasteiger partial charge in [-0.05, 0) is 47.1 Å². The van der Waals surface area contributed by atoms with Gasteiger partial charge in [-0.2, -0.15) is 18.4 Å². The van der Waals surface area contributed by atoms with Gasteiger partial charge in [0, 0.05) is 48.8 Å². The van der Waals surface area contributed by atoms with Crippen molar-refractivity contribution in [2.75, 3.05) is 13.2 Å². The van der Waals surface area contributed by atoms with Crippen LogP contribution in [0.15, 0.2) is 12.1 Å². The van der Waals surface area contributed by atoms with Gasteiger partial charge in [0.1, 0.15) is 6.10 Å². The van der Waals surface area contributed by atoms with Gasteiger partial charge in [0.15, 0.2) is 0 Å². The van der Waals surface area contributed by atoms with Crippen LogP contribution in [0, 0.1) is 16.7 Å². The van der Waals surface area contributed by atoms with Crippen molar-refractivity contribution in [1.29, 1.82) is 5.26 Å². The van der Waals surface area contributed by atoms with E-state index in [1.165, 1.54) is 6.07 Å². The van der Waals surface area contributed by atoms with Crippen LogP contribution < -0.4 is 0 Å². The molecule has 0 saturated carbocycles. The van der Waals surface area contributed by atoms with E-state index in [1.807, 2.05) is 6.92 Å². The average molecular weight is 485 g/mol. The highest BCUT2D eigenvalue weighted by Crippen LogP contribution is 2.60. The van der Waals surface area contributed by atoms with Crippen LogP contribution in [0.4, 0.5) is 13.2 Å². The molecule has 8 heteroatoms. The van der Waals surface area contributed by atoms with Gasteiger partial charge in [0.05, 0.1) is 34.6 Å². The molecule has 0 bridgehead atoms. The molecule has 0 amide bonds. The first-order valence-electron chi connectivity index (χ1n) is 12.1. The molecule has 1 aromatic heterocycles. The van der Waals surface area contributed by atoms with Gasteiger partial charge >= 0.3 is 6.18 Å². The minimum Gasteiger partial charge on any atom is -0.388 e. The van der Waals surface area contributed by atoms with Gasteiger partial charge < -0.3 is 14.6 Å². The number of benzene rings is 1. The van der Waals surface area contributed by atoms with E-state index in [4.69, 9.17) is 14.5 Å². The molecule has 35 heavy (non-hydrogen) atoms. The molecule has 1 spiro atoms. The average Bonchev–Trinajstić information content (AvgIpc) is 3.09. The molecule has 2 aliphatic carbocycles. The molecule has 184 valence electrons. The van der Waals surface area contributed by atoms with Gasteiger partial charge in [0.2, 0.25) is 0 Å². The van der Waals surface area contributed by atoms with Crippen LogP contribution in [0.5, 0.6) is 0 Å². The fourth-order valence-corrected chi connectivity index (χ4v) is 6.76.